The lowest BCUT2D eigenvalue weighted by molar-refractivity contribution is 0.0414. The van der Waals surface area contributed by atoms with Gasteiger partial charge >= 0.3 is 0 Å². The van der Waals surface area contributed by atoms with Gasteiger partial charge in [0.15, 0.2) is 0 Å². The van der Waals surface area contributed by atoms with Gasteiger partial charge in [-0.15, -0.1) is 0 Å². The maximum atomic E-state index is 5.95. The number of allylic oxidation sites excluding steroid dienone is 1. The highest BCUT2D eigenvalue weighted by atomic mass is 28.3. The first-order valence-corrected chi connectivity index (χ1v) is 9.46. The smallest absolute Gasteiger partial charge is 0.274 e. The Morgan fingerprint density at radius 2 is 1.52 bits per heavy atom. The Kier molecular flexibility index (Phi) is 4.74. The summed E-state index contributed by atoms with van der Waals surface area (Å²) < 4.78 is 11.5. The molecule has 0 saturated heterocycles. The highest BCUT2D eigenvalue weighted by Gasteiger charge is 2.18. The van der Waals surface area contributed by atoms with Gasteiger partial charge in [-0.2, -0.15) is 0 Å². The molecule has 0 atom stereocenters. The average Bonchev–Trinajstić information content (AvgIpc) is 2.58. The summed E-state index contributed by atoms with van der Waals surface area (Å²) in [5.41, 5.74) is 0. The van der Waals surface area contributed by atoms with Crippen LogP contribution >= 0.6 is 0 Å². The molecule has 2 nitrogen and oxygen atoms in total. The van der Waals surface area contributed by atoms with E-state index in [0.29, 0.717) is 5.95 Å². The van der Waals surface area contributed by atoms with Crippen LogP contribution in [-0.2, 0) is 9.47 Å². The minimum absolute atomic E-state index is 0.714. The highest BCUT2D eigenvalue weighted by Crippen LogP contribution is 2.11. The minimum Gasteiger partial charge on any atom is -0.469 e. The third kappa shape index (κ3) is 3.76. The van der Waals surface area contributed by atoms with Crippen LogP contribution in [0.3, 0.4) is 0 Å². The summed E-state index contributed by atoms with van der Waals surface area (Å²) in [7, 11) is -1.36. The highest BCUT2D eigenvalue weighted by molar-refractivity contribution is 6.85. The van der Waals surface area contributed by atoms with Gasteiger partial charge in [0, 0.05) is 0 Å². The van der Waals surface area contributed by atoms with Crippen LogP contribution in [0.4, 0.5) is 0 Å². The molecule has 3 heteroatoms. The molecule has 0 bridgehead atoms. The largest absolute Gasteiger partial charge is 0.469 e. The molecule has 0 spiro atoms. The number of ether oxygens (including phenoxy) is 2. The van der Waals surface area contributed by atoms with Crippen LogP contribution in [0, 0.1) is 0 Å². The molecule has 3 rings (SSSR count). The Hall–Kier alpha value is -2.00. The molecule has 0 aliphatic carbocycles. The quantitative estimate of drug-likeness (QED) is 0.788. The van der Waals surface area contributed by atoms with Gasteiger partial charge in [-0.3, -0.25) is 0 Å². The first kappa shape index (κ1) is 14.0. The van der Waals surface area contributed by atoms with Crippen LogP contribution in [-0.4, -0.2) is 21.6 Å². The SMILES string of the molecule is C1=C(OC[SiH](c2ccccc2)c2ccccc2)OCCC1. The molecule has 0 unspecified atom stereocenters. The standard InChI is InChI=1S/C18H20O2Si/c1-3-9-16(10-4-1)21(17-11-5-2-6-12-17)15-20-18-13-7-8-14-19-18/h1-6,9-13,21H,7-8,14-15H2. The molecule has 1 aliphatic heterocycles. The monoisotopic (exact) mass is 296 g/mol. The number of hydrogen-bond donors (Lipinski definition) is 0. The maximum Gasteiger partial charge on any atom is 0.274 e. The van der Waals surface area contributed by atoms with E-state index in [9.17, 15) is 0 Å². The van der Waals surface area contributed by atoms with E-state index in [4.69, 9.17) is 9.47 Å². The zero-order valence-electron chi connectivity index (χ0n) is 12.1. The van der Waals surface area contributed by atoms with Gasteiger partial charge in [-0.05, 0) is 18.9 Å². The van der Waals surface area contributed by atoms with Crippen molar-refractivity contribution < 1.29 is 9.47 Å². The van der Waals surface area contributed by atoms with E-state index in [1.807, 2.05) is 0 Å². The second-order valence-corrected chi connectivity index (χ2v) is 7.97. The Morgan fingerprint density at radius 1 is 0.905 bits per heavy atom. The summed E-state index contributed by atoms with van der Waals surface area (Å²) in [5, 5.41) is 2.81. The van der Waals surface area contributed by atoms with E-state index in [1.165, 1.54) is 10.4 Å². The molecule has 0 saturated carbocycles. The molecular formula is C18H20O2Si. The van der Waals surface area contributed by atoms with Gasteiger partial charge in [0.25, 0.3) is 5.95 Å². The van der Waals surface area contributed by atoms with Gasteiger partial charge in [-0.1, -0.05) is 71.0 Å². The van der Waals surface area contributed by atoms with Gasteiger partial charge < -0.3 is 9.47 Å². The molecule has 1 heterocycles. The summed E-state index contributed by atoms with van der Waals surface area (Å²) in [6.07, 6.45) is 4.94. The fourth-order valence-corrected chi connectivity index (χ4v) is 5.03. The van der Waals surface area contributed by atoms with Crippen molar-refractivity contribution in [2.24, 2.45) is 0 Å². The summed E-state index contributed by atoms with van der Waals surface area (Å²) in [4.78, 5) is 0. The lowest BCUT2D eigenvalue weighted by Gasteiger charge is -2.20. The lowest BCUT2D eigenvalue weighted by Crippen LogP contribution is -2.46. The second-order valence-electron chi connectivity index (χ2n) is 5.20. The normalized spacial score (nSPS) is 14.4. The molecule has 1 aliphatic rings. The summed E-state index contributed by atoms with van der Waals surface area (Å²) in [6, 6.07) is 21.4. The fourth-order valence-electron chi connectivity index (χ4n) is 2.56. The van der Waals surface area contributed by atoms with Crippen LogP contribution in [0.15, 0.2) is 72.7 Å². The third-order valence-electron chi connectivity index (χ3n) is 3.70. The first-order valence-electron chi connectivity index (χ1n) is 7.49. The van der Waals surface area contributed by atoms with Crippen molar-refractivity contribution in [3.8, 4) is 0 Å². The van der Waals surface area contributed by atoms with Crippen LogP contribution in [0.1, 0.15) is 12.8 Å². The minimum atomic E-state index is -1.36. The zero-order chi connectivity index (χ0) is 14.3. The Morgan fingerprint density at radius 3 is 2.05 bits per heavy atom. The van der Waals surface area contributed by atoms with Gasteiger partial charge in [0.05, 0.1) is 12.8 Å². The predicted molar refractivity (Wildman–Crippen MR) is 88.5 cm³/mol. The van der Waals surface area contributed by atoms with Crippen LogP contribution in [0.25, 0.3) is 0 Å². The van der Waals surface area contributed by atoms with Crippen LogP contribution in [0.2, 0.25) is 0 Å². The Balaban J connectivity index is 1.78. The van der Waals surface area contributed by atoms with Crippen molar-refractivity contribution >= 4 is 19.2 Å². The number of rotatable bonds is 5. The fraction of sp³-hybridized carbons (Fsp3) is 0.222. The molecule has 0 amide bonds. The van der Waals surface area contributed by atoms with E-state index in [1.54, 1.807) is 0 Å². The zero-order valence-corrected chi connectivity index (χ0v) is 13.2. The molecule has 108 valence electrons. The third-order valence-corrected chi connectivity index (χ3v) is 6.58. The number of hydrogen-bond acceptors (Lipinski definition) is 2. The van der Waals surface area contributed by atoms with Crippen LogP contribution in [0.5, 0.6) is 0 Å². The summed E-state index contributed by atoms with van der Waals surface area (Å²) in [6.45, 7) is 0.773. The first-order chi connectivity index (χ1) is 10.4. The molecular weight excluding hydrogens is 276 g/mol. The van der Waals surface area contributed by atoms with Crippen molar-refractivity contribution in [2.45, 2.75) is 12.8 Å². The Bertz CT molecular complexity index is 541. The van der Waals surface area contributed by atoms with Crippen molar-refractivity contribution in [1.82, 2.24) is 0 Å². The van der Waals surface area contributed by atoms with E-state index >= 15 is 0 Å². The molecule has 0 fully saturated rings. The van der Waals surface area contributed by atoms with E-state index in [-0.39, 0.29) is 0 Å². The van der Waals surface area contributed by atoms with E-state index in [0.717, 1.165) is 25.7 Å². The van der Waals surface area contributed by atoms with Crippen molar-refractivity contribution in [2.75, 3.05) is 12.8 Å². The van der Waals surface area contributed by atoms with Crippen molar-refractivity contribution in [3.05, 3.63) is 72.7 Å². The average molecular weight is 296 g/mol. The van der Waals surface area contributed by atoms with E-state index < -0.39 is 8.80 Å². The predicted octanol–water partition coefficient (Wildman–Crippen LogP) is 2.24. The van der Waals surface area contributed by atoms with Crippen LogP contribution < -0.4 is 10.4 Å². The lowest BCUT2D eigenvalue weighted by atomic mass is 10.3. The molecule has 0 N–H and O–H groups in total. The van der Waals surface area contributed by atoms with Gasteiger partial charge in [-0.25, -0.2) is 0 Å². The second kappa shape index (κ2) is 7.13. The molecule has 2 aromatic carbocycles. The summed E-state index contributed by atoms with van der Waals surface area (Å²) >= 11 is 0. The summed E-state index contributed by atoms with van der Waals surface area (Å²) in [5.74, 6) is 0.714. The molecule has 21 heavy (non-hydrogen) atoms. The van der Waals surface area contributed by atoms with Crippen molar-refractivity contribution in [3.63, 3.8) is 0 Å². The maximum absolute atomic E-state index is 5.95. The van der Waals surface area contributed by atoms with E-state index in [2.05, 4.69) is 66.7 Å². The molecule has 0 radical (unpaired) electrons. The van der Waals surface area contributed by atoms with Gasteiger partial charge in [0.1, 0.15) is 8.80 Å². The molecule has 2 aromatic rings. The van der Waals surface area contributed by atoms with Gasteiger partial charge in [0.2, 0.25) is 0 Å². The molecule has 0 aromatic heterocycles. The topological polar surface area (TPSA) is 18.5 Å². The Labute approximate surface area is 127 Å². The van der Waals surface area contributed by atoms with Crippen molar-refractivity contribution in [1.29, 1.82) is 0 Å². The number of benzene rings is 2.